The van der Waals surface area contributed by atoms with E-state index in [9.17, 15) is 22.8 Å². The summed E-state index contributed by atoms with van der Waals surface area (Å²) < 4.78 is 43.3. The molecular formula is C26H34F3N7O2. The van der Waals surface area contributed by atoms with E-state index in [1.165, 1.54) is 16.5 Å². The van der Waals surface area contributed by atoms with Gasteiger partial charge in [0.2, 0.25) is 5.91 Å². The number of aliphatic imine (C=N–C) groups is 1. The van der Waals surface area contributed by atoms with E-state index in [0.29, 0.717) is 11.3 Å². The number of nitrogens with zero attached hydrogens (tertiary/aromatic N) is 4. The number of anilines is 1. The summed E-state index contributed by atoms with van der Waals surface area (Å²) in [5.74, 6) is -1.27. The highest BCUT2D eigenvalue weighted by Gasteiger charge is 2.37. The number of carbonyl (C=O) groups excluding carboxylic acids is 2. The maximum Gasteiger partial charge on any atom is 0.282 e. The van der Waals surface area contributed by atoms with Crippen LogP contribution in [0, 0.1) is 6.92 Å². The van der Waals surface area contributed by atoms with Crippen LogP contribution in [-0.4, -0.2) is 57.4 Å². The fraction of sp³-hybridized carbons (Fsp3) is 0.462. The summed E-state index contributed by atoms with van der Waals surface area (Å²) in [7, 11) is 1.39. The van der Waals surface area contributed by atoms with Crippen molar-refractivity contribution in [3.63, 3.8) is 0 Å². The van der Waals surface area contributed by atoms with Gasteiger partial charge in [-0.3, -0.25) is 14.6 Å². The summed E-state index contributed by atoms with van der Waals surface area (Å²) in [5.41, 5.74) is 14.0. The van der Waals surface area contributed by atoms with Crippen molar-refractivity contribution in [1.29, 1.82) is 0 Å². The highest BCUT2D eigenvalue weighted by atomic mass is 19.3. The molecule has 2 atom stereocenters. The predicted octanol–water partition coefficient (Wildman–Crippen LogP) is 2.92. The molecule has 2 amide bonds. The van der Waals surface area contributed by atoms with Crippen molar-refractivity contribution in [2.45, 2.75) is 58.3 Å². The number of nitrogens with one attached hydrogen (secondary N) is 1. The van der Waals surface area contributed by atoms with E-state index in [-0.39, 0.29) is 36.7 Å². The Morgan fingerprint density at radius 1 is 1.32 bits per heavy atom. The summed E-state index contributed by atoms with van der Waals surface area (Å²) in [6.45, 7) is 10.9. The molecule has 2 aromatic rings. The molecule has 1 aliphatic heterocycles. The molecule has 9 nitrogen and oxygen atoms in total. The monoisotopic (exact) mass is 533 g/mol. The Balaban J connectivity index is 1.87. The Bertz CT molecular complexity index is 1280. The van der Waals surface area contributed by atoms with E-state index < -0.39 is 41.8 Å². The summed E-state index contributed by atoms with van der Waals surface area (Å²) in [6.07, 6.45) is -3.59. The van der Waals surface area contributed by atoms with Gasteiger partial charge in [-0.15, -0.1) is 0 Å². The molecule has 0 aliphatic carbocycles. The number of benzene rings is 1. The van der Waals surface area contributed by atoms with Crippen LogP contribution in [0.5, 0.6) is 0 Å². The van der Waals surface area contributed by atoms with Gasteiger partial charge in [-0.1, -0.05) is 27.4 Å². The number of imidazole rings is 1. The molecule has 12 heteroatoms. The highest BCUT2D eigenvalue weighted by molar-refractivity contribution is 6.02. The third-order valence-corrected chi connectivity index (χ3v) is 6.56. The average molecular weight is 534 g/mol. The third-order valence-electron chi connectivity index (χ3n) is 6.56. The number of hydrogen-bond acceptors (Lipinski definition) is 5. The number of likely N-dealkylation sites (tertiary alicyclic amines) is 1. The second kappa shape index (κ2) is 10.9. The lowest BCUT2D eigenvalue weighted by molar-refractivity contribution is -0.125. The maximum absolute atomic E-state index is 14.5. The number of nitrogen functional groups attached to an aromatic ring is 1. The average Bonchev–Trinajstić information content (AvgIpc) is 3.35. The summed E-state index contributed by atoms with van der Waals surface area (Å²) in [6, 6.07) is 2.60. The molecule has 3 rings (SSSR count). The molecule has 1 aromatic heterocycles. The van der Waals surface area contributed by atoms with Crippen molar-refractivity contribution in [1.82, 2.24) is 19.8 Å². The molecule has 1 unspecified atom stereocenters. The maximum atomic E-state index is 14.5. The predicted molar refractivity (Wildman–Crippen MR) is 140 cm³/mol. The van der Waals surface area contributed by atoms with Gasteiger partial charge < -0.3 is 26.3 Å². The fourth-order valence-electron chi connectivity index (χ4n) is 4.58. The van der Waals surface area contributed by atoms with E-state index in [2.05, 4.69) is 42.6 Å². The number of nitrogens with two attached hydrogens (primary N) is 2. The molecule has 0 radical (unpaired) electrons. The molecule has 5 N–H and O–H groups in total. The van der Waals surface area contributed by atoms with Crippen molar-refractivity contribution in [3.8, 4) is 0 Å². The normalized spacial score (nSPS) is 18.2. The minimum absolute atomic E-state index is 0.0572. The number of aromatic nitrogens is 2. The van der Waals surface area contributed by atoms with Gasteiger partial charge in [0, 0.05) is 24.8 Å². The van der Waals surface area contributed by atoms with E-state index >= 15 is 0 Å². The van der Waals surface area contributed by atoms with Crippen LogP contribution in [0.4, 0.5) is 18.9 Å². The summed E-state index contributed by atoms with van der Waals surface area (Å²) in [4.78, 5) is 34.1. The summed E-state index contributed by atoms with van der Waals surface area (Å²) >= 11 is 0. The lowest BCUT2D eigenvalue weighted by Crippen LogP contribution is -2.42. The van der Waals surface area contributed by atoms with Crippen molar-refractivity contribution in [2.75, 3.05) is 18.8 Å². The van der Waals surface area contributed by atoms with Gasteiger partial charge >= 0.3 is 0 Å². The zero-order chi connectivity index (χ0) is 28.5. The molecule has 2 heterocycles. The van der Waals surface area contributed by atoms with E-state index in [0.717, 1.165) is 17.2 Å². The zero-order valence-electron chi connectivity index (χ0n) is 22.2. The Kier molecular flexibility index (Phi) is 8.23. The molecule has 0 bridgehead atoms. The van der Waals surface area contributed by atoms with Crippen LogP contribution in [0.25, 0.3) is 0 Å². The van der Waals surface area contributed by atoms with Gasteiger partial charge in [-0.25, -0.2) is 18.2 Å². The number of halogens is 3. The highest BCUT2D eigenvalue weighted by Crippen LogP contribution is 2.30. The van der Waals surface area contributed by atoms with Crippen LogP contribution in [0.2, 0.25) is 0 Å². The molecule has 38 heavy (non-hydrogen) atoms. The zero-order valence-corrected chi connectivity index (χ0v) is 22.2. The summed E-state index contributed by atoms with van der Waals surface area (Å²) in [5, 5.41) is 2.41. The number of aryl methyl sites for hydroxylation is 1. The topological polar surface area (TPSA) is 132 Å². The number of rotatable bonds is 7. The van der Waals surface area contributed by atoms with Crippen LogP contribution in [0.15, 0.2) is 29.8 Å². The quantitative estimate of drug-likeness (QED) is 0.218. The fourth-order valence-corrected chi connectivity index (χ4v) is 4.58. The number of carbonyl (C=O) groups is 2. The first-order chi connectivity index (χ1) is 17.6. The second-order valence-electron chi connectivity index (χ2n) is 10.4. The molecule has 1 aliphatic rings. The van der Waals surface area contributed by atoms with Gasteiger partial charge in [0.25, 0.3) is 12.3 Å². The number of alkyl halides is 3. The molecule has 1 aromatic carbocycles. The van der Waals surface area contributed by atoms with Crippen molar-refractivity contribution in [2.24, 2.45) is 17.8 Å². The minimum atomic E-state index is -3.07. The smallest absolute Gasteiger partial charge is 0.282 e. The Morgan fingerprint density at radius 2 is 1.97 bits per heavy atom. The van der Waals surface area contributed by atoms with Gasteiger partial charge in [0.15, 0.2) is 0 Å². The van der Waals surface area contributed by atoms with Crippen LogP contribution in [0.1, 0.15) is 65.9 Å². The standard InChI is InChI=1S/C26H34F3N7O2/c1-7-20(37)36-11-16(27)18(12-36)33-25(38)22-21(23(28)29)34-19(35(22)6)10-32-24(31)14-9-15(26(3,4)5)13(2)8-17(14)30/h7-9,16,18,23H,1,10-12,30H2,2-6H3,(H2,31,32)(H,33,38)/t16?,18-/m0/s1. The molecule has 1 saturated heterocycles. The Hall–Kier alpha value is -3.83. The molecule has 1 fully saturated rings. The Morgan fingerprint density at radius 3 is 2.55 bits per heavy atom. The molecule has 206 valence electrons. The number of amidine groups is 1. The van der Waals surface area contributed by atoms with Crippen LogP contribution >= 0.6 is 0 Å². The Labute approximate surface area is 219 Å². The van der Waals surface area contributed by atoms with Crippen LogP contribution < -0.4 is 16.8 Å². The first-order valence-corrected chi connectivity index (χ1v) is 12.1. The SMILES string of the molecule is C=CC(=O)N1CC(F)[C@@H](NC(=O)c2c(C(F)F)nc(CN=C(N)c3cc(C(C)(C)C)c(C)cc3N)n2C)C1. The van der Waals surface area contributed by atoms with Crippen molar-refractivity contribution < 1.29 is 22.8 Å². The first kappa shape index (κ1) is 28.7. The van der Waals surface area contributed by atoms with Gasteiger partial charge in [-0.05, 0) is 41.7 Å². The van der Waals surface area contributed by atoms with E-state index in [1.54, 1.807) is 6.07 Å². The van der Waals surface area contributed by atoms with Gasteiger partial charge in [0.05, 0.1) is 19.1 Å². The molecule has 0 saturated carbocycles. The lowest BCUT2D eigenvalue weighted by atomic mass is 9.82. The first-order valence-electron chi connectivity index (χ1n) is 12.1. The van der Waals surface area contributed by atoms with Crippen LogP contribution in [-0.2, 0) is 23.8 Å². The van der Waals surface area contributed by atoms with E-state index in [1.807, 2.05) is 13.0 Å². The van der Waals surface area contributed by atoms with Crippen molar-refractivity contribution in [3.05, 3.63) is 58.7 Å². The van der Waals surface area contributed by atoms with Crippen molar-refractivity contribution >= 4 is 23.3 Å². The largest absolute Gasteiger partial charge is 0.398 e. The lowest BCUT2D eigenvalue weighted by Gasteiger charge is -2.23. The van der Waals surface area contributed by atoms with Gasteiger partial charge in [-0.2, -0.15) is 0 Å². The number of hydrogen-bond donors (Lipinski definition) is 3. The van der Waals surface area contributed by atoms with Gasteiger partial charge in [0.1, 0.15) is 29.2 Å². The second-order valence-corrected chi connectivity index (χ2v) is 10.4. The van der Waals surface area contributed by atoms with Crippen LogP contribution in [0.3, 0.4) is 0 Å². The molecule has 0 spiro atoms. The minimum Gasteiger partial charge on any atom is -0.398 e. The van der Waals surface area contributed by atoms with E-state index in [4.69, 9.17) is 11.5 Å². The third kappa shape index (κ3) is 5.84. The number of amides is 2. The molecular weight excluding hydrogens is 499 g/mol.